The molecule has 0 spiro atoms. The molecule has 2 atom stereocenters. The number of benzene rings is 3. The van der Waals surface area contributed by atoms with E-state index in [9.17, 15) is 14.7 Å². The molecule has 2 unspecified atom stereocenters. The summed E-state index contributed by atoms with van der Waals surface area (Å²) in [4.78, 5) is 26.0. The maximum absolute atomic E-state index is 11.7. The zero-order chi connectivity index (χ0) is 32.1. The predicted molar refractivity (Wildman–Crippen MR) is 167 cm³/mol. The molecule has 14 heteroatoms. The van der Waals surface area contributed by atoms with Crippen LogP contribution < -0.4 is 11.1 Å². The Morgan fingerprint density at radius 1 is 1.07 bits per heavy atom. The van der Waals surface area contributed by atoms with Gasteiger partial charge in [0.15, 0.2) is 23.3 Å². The van der Waals surface area contributed by atoms with E-state index in [0.29, 0.717) is 32.5 Å². The standard InChI is InChI=1S/C16H13Cl2NO4.C9H13NO3.C4H6N2S/c17-11-5-3-6-12(18)16(11)19-13-7-2-1-4-10(13)8-15(22)23-9-14(20)21;1-5(10)9(13)6-2-3-7(11)8(12)4-6;1-6-3-2-5-4(6)7/h1-7,19H,8-9H2,(H,20,21);2-5,9,11-13H,10H2,1H3;2-3H,1H3,(H,5,7). The van der Waals surface area contributed by atoms with E-state index in [4.69, 9.17) is 44.3 Å². The van der Waals surface area contributed by atoms with E-state index in [1.807, 2.05) is 17.8 Å². The molecule has 0 aliphatic heterocycles. The topological polar surface area (TPSA) is 180 Å². The number of phenols is 2. The number of ether oxygens (including phenoxy) is 1. The summed E-state index contributed by atoms with van der Waals surface area (Å²) in [7, 11) is 1.90. The van der Waals surface area contributed by atoms with Crippen LogP contribution in [0.25, 0.3) is 0 Å². The molecule has 4 aromatic rings. The molecule has 7 N–H and O–H groups in total. The minimum atomic E-state index is -1.20. The summed E-state index contributed by atoms with van der Waals surface area (Å²) in [6, 6.07) is 15.9. The van der Waals surface area contributed by atoms with Gasteiger partial charge in [-0.2, -0.15) is 0 Å². The smallest absolute Gasteiger partial charge is 0.341 e. The van der Waals surface area contributed by atoms with E-state index in [2.05, 4.69) is 27.7 Å². The number of aromatic hydroxyl groups is 2. The number of para-hydroxylation sites is 2. The SMILES string of the molecule is CC(N)C(O)c1ccc(O)c(O)c1.Cn1ccnc1S.O=C(O)COC(=O)Cc1ccccc1Nc1c(Cl)cccc1Cl. The first-order chi connectivity index (χ1) is 20.3. The Hall–Kier alpha value is -3.94. The van der Waals surface area contributed by atoms with Gasteiger partial charge < -0.3 is 40.8 Å². The van der Waals surface area contributed by atoms with Crippen molar-refractivity contribution in [3.63, 3.8) is 0 Å². The third-order valence-corrected chi connectivity index (χ3v) is 6.63. The Kier molecular flexibility index (Phi) is 14.1. The molecular weight excluding hydrogens is 619 g/mol. The van der Waals surface area contributed by atoms with Gasteiger partial charge in [-0.1, -0.05) is 53.5 Å². The van der Waals surface area contributed by atoms with Gasteiger partial charge in [-0.3, -0.25) is 4.79 Å². The molecule has 0 amide bonds. The summed E-state index contributed by atoms with van der Waals surface area (Å²) in [5.74, 6) is -2.29. The first-order valence-electron chi connectivity index (χ1n) is 12.6. The monoisotopic (exact) mass is 650 g/mol. The number of carboxylic acid groups (broad SMARTS) is 1. The Morgan fingerprint density at radius 3 is 2.23 bits per heavy atom. The number of hydrogen-bond donors (Lipinski definition) is 7. The van der Waals surface area contributed by atoms with Gasteiger partial charge in [0.25, 0.3) is 0 Å². The number of hydrogen-bond acceptors (Lipinski definition) is 10. The van der Waals surface area contributed by atoms with E-state index in [1.165, 1.54) is 18.2 Å². The number of aliphatic hydroxyl groups is 1. The van der Waals surface area contributed by atoms with Gasteiger partial charge in [0.2, 0.25) is 0 Å². The van der Waals surface area contributed by atoms with Gasteiger partial charge in [-0.25, -0.2) is 9.78 Å². The quantitative estimate of drug-likeness (QED) is 0.0770. The minimum Gasteiger partial charge on any atom is -0.504 e. The summed E-state index contributed by atoms with van der Waals surface area (Å²) < 4.78 is 6.48. The van der Waals surface area contributed by atoms with E-state index in [0.717, 1.165) is 5.16 Å². The summed E-state index contributed by atoms with van der Waals surface area (Å²) in [6.07, 6.45) is 2.66. The van der Waals surface area contributed by atoms with Crippen molar-refractivity contribution in [1.29, 1.82) is 0 Å². The number of aromatic nitrogens is 2. The number of aliphatic carboxylic acids is 1. The molecule has 3 aromatic carbocycles. The normalized spacial score (nSPS) is 11.6. The number of rotatable bonds is 8. The average molecular weight is 652 g/mol. The van der Waals surface area contributed by atoms with Gasteiger partial charge in [-0.15, -0.1) is 12.6 Å². The minimum absolute atomic E-state index is 0.0709. The Morgan fingerprint density at radius 2 is 1.72 bits per heavy atom. The number of carbonyl (C=O) groups is 2. The molecule has 0 fully saturated rings. The van der Waals surface area contributed by atoms with Crippen molar-refractivity contribution in [2.45, 2.75) is 30.6 Å². The van der Waals surface area contributed by atoms with Crippen LogP contribution in [0.4, 0.5) is 11.4 Å². The average Bonchev–Trinajstić information content (AvgIpc) is 3.34. The Labute approximate surface area is 263 Å². The lowest BCUT2D eigenvalue weighted by Crippen LogP contribution is -2.24. The number of aliphatic hydroxyl groups excluding tert-OH is 1. The van der Waals surface area contributed by atoms with Crippen LogP contribution in [0.5, 0.6) is 11.5 Å². The number of carboxylic acids is 1. The number of aryl methyl sites for hydroxylation is 1. The summed E-state index contributed by atoms with van der Waals surface area (Å²) in [5, 5.41) is 40.9. The van der Waals surface area contributed by atoms with Crippen molar-refractivity contribution in [3.8, 4) is 11.5 Å². The first kappa shape index (κ1) is 35.3. The van der Waals surface area contributed by atoms with Crippen LogP contribution in [0.1, 0.15) is 24.2 Å². The van der Waals surface area contributed by atoms with Crippen LogP contribution >= 0.6 is 35.8 Å². The lowest BCUT2D eigenvalue weighted by atomic mass is 10.0. The molecule has 4 rings (SSSR count). The number of imidazole rings is 1. The molecule has 0 bridgehead atoms. The van der Waals surface area contributed by atoms with Crippen LogP contribution in [0, 0.1) is 0 Å². The fourth-order valence-corrected chi connectivity index (χ4v) is 3.91. The van der Waals surface area contributed by atoms with Gasteiger partial charge >= 0.3 is 11.9 Å². The second-order valence-electron chi connectivity index (χ2n) is 9.00. The molecule has 0 saturated heterocycles. The molecule has 1 heterocycles. The molecular formula is C29H32Cl2N4O7S. The van der Waals surface area contributed by atoms with Crippen LogP contribution in [0.15, 0.2) is 78.2 Å². The van der Waals surface area contributed by atoms with Crippen LogP contribution in [-0.2, 0) is 27.8 Å². The maximum atomic E-state index is 11.7. The van der Waals surface area contributed by atoms with E-state index in [-0.39, 0.29) is 17.9 Å². The number of nitrogens with one attached hydrogen (secondary N) is 1. The molecule has 0 saturated carbocycles. The molecule has 43 heavy (non-hydrogen) atoms. The Balaban J connectivity index is 0.000000268. The first-order valence-corrected chi connectivity index (χ1v) is 13.8. The number of esters is 1. The van der Waals surface area contributed by atoms with Crippen molar-refractivity contribution in [1.82, 2.24) is 9.55 Å². The number of nitrogens with zero attached hydrogens (tertiary/aromatic N) is 2. The Bertz CT molecular complexity index is 1480. The second-order valence-corrected chi connectivity index (χ2v) is 10.2. The third-order valence-electron chi connectivity index (χ3n) is 5.57. The maximum Gasteiger partial charge on any atom is 0.341 e. The van der Waals surface area contributed by atoms with Gasteiger partial charge in [0, 0.05) is 31.2 Å². The largest absolute Gasteiger partial charge is 0.504 e. The number of halogens is 2. The lowest BCUT2D eigenvalue weighted by molar-refractivity contribution is -0.154. The van der Waals surface area contributed by atoms with Crippen molar-refractivity contribution in [2.24, 2.45) is 12.8 Å². The second kappa shape index (κ2) is 17.2. The van der Waals surface area contributed by atoms with Crippen LogP contribution in [-0.4, -0.2) is 54.6 Å². The summed E-state index contributed by atoms with van der Waals surface area (Å²) in [6.45, 7) is 0.999. The highest BCUT2D eigenvalue weighted by molar-refractivity contribution is 7.80. The van der Waals surface area contributed by atoms with E-state index >= 15 is 0 Å². The van der Waals surface area contributed by atoms with Crippen molar-refractivity contribution in [3.05, 3.63) is 94.2 Å². The fraction of sp³-hybridized carbons (Fsp3) is 0.207. The predicted octanol–water partition coefficient (Wildman–Crippen LogP) is 5.09. The van der Waals surface area contributed by atoms with Crippen molar-refractivity contribution < 1.29 is 34.8 Å². The van der Waals surface area contributed by atoms with Gasteiger partial charge in [0.05, 0.1) is 28.3 Å². The highest BCUT2D eigenvalue weighted by atomic mass is 35.5. The molecule has 11 nitrogen and oxygen atoms in total. The molecule has 0 radical (unpaired) electrons. The number of anilines is 2. The fourth-order valence-electron chi connectivity index (χ4n) is 3.28. The van der Waals surface area contributed by atoms with Gasteiger partial charge in [0.1, 0.15) is 0 Å². The van der Waals surface area contributed by atoms with Crippen LogP contribution in [0.2, 0.25) is 10.0 Å². The summed E-state index contributed by atoms with van der Waals surface area (Å²) in [5.41, 5.74) is 7.75. The lowest BCUT2D eigenvalue weighted by Gasteiger charge is -2.14. The number of phenolic OH excluding ortho intramolecular Hbond substituents is 2. The van der Waals surface area contributed by atoms with E-state index in [1.54, 1.807) is 55.6 Å². The number of carbonyl (C=O) groups excluding carboxylic acids is 1. The van der Waals surface area contributed by atoms with Crippen LogP contribution in [0.3, 0.4) is 0 Å². The molecule has 0 aliphatic carbocycles. The molecule has 0 aliphatic rings. The van der Waals surface area contributed by atoms with E-state index < -0.39 is 30.7 Å². The number of thiol groups is 1. The zero-order valence-electron chi connectivity index (χ0n) is 23.2. The zero-order valence-corrected chi connectivity index (χ0v) is 25.6. The highest BCUT2D eigenvalue weighted by Gasteiger charge is 2.14. The molecule has 230 valence electrons. The number of nitrogens with two attached hydrogens (primary N) is 1. The van der Waals surface area contributed by atoms with Crippen molar-refractivity contribution in [2.75, 3.05) is 11.9 Å². The molecule has 1 aromatic heterocycles. The van der Waals surface area contributed by atoms with Crippen molar-refractivity contribution >= 4 is 59.1 Å². The van der Waals surface area contributed by atoms with Gasteiger partial charge in [-0.05, 0) is 48.4 Å². The highest BCUT2D eigenvalue weighted by Crippen LogP contribution is 2.33. The summed E-state index contributed by atoms with van der Waals surface area (Å²) >= 11 is 16.2. The third kappa shape index (κ3) is 11.7.